The van der Waals surface area contributed by atoms with Crippen LogP contribution in [0.3, 0.4) is 0 Å². The molecule has 5 nitrogen and oxygen atoms in total. The minimum Gasteiger partial charge on any atom is -0.350 e. The van der Waals surface area contributed by atoms with Crippen LogP contribution in [-0.4, -0.2) is 50.7 Å². The van der Waals surface area contributed by atoms with Gasteiger partial charge in [0.05, 0.1) is 9.92 Å². The Labute approximate surface area is 167 Å². The molecule has 1 saturated heterocycles. The van der Waals surface area contributed by atoms with Gasteiger partial charge in [0.25, 0.3) is 5.91 Å². The van der Waals surface area contributed by atoms with Crippen molar-refractivity contribution < 1.29 is 13.2 Å². The molecule has 3 rings (SSSR count). The van der Waals surface area contributed by atoms with Crippen molar-refractivity contribution in [1.29, 1.82) is 0 Å². The molecule has 1 saturated carbocycles. The Morgan fingerprint density at radius 1 is 1.11 bits per heavy atom. The average molecular weight is 413 g/mol. The minimum atomic E-state index is -3.47. The number of piperidine rings is 1. The fourth-order valence-corrected chi connectivity index (χ4v) is 5.76. The van der Waals surface area contributed by atoms with E-state index in [-0.39, 0.29) is 21.4 Å². The van der Waals surface area contributed by atoms with Crippen molar-refractivity contribution in [3.05, 3.63) is 28.8 Å². The fraction of sp³-hybridized carbons (Fsp3) is 0.650. The number of hydrogen-bond acceptors (Lipinski definition) is 4. The lowest BCUT2D eigenvalue weighted by atomic mass is 9.79. The Hall–Kier alpha value is -1.11. The van der Waals surface area contributed by atoms with Gasteiger partial charge in [0, 0.05) is 23.9 Å². The van der Waals surface area contributed by atoms with Crippen LogP contribution in [-0.2, 0) is 9.84 Å². The predicted molar refractivity (Wildman–Crippen MR) is 108 cm³/mol. The number of halogens is 1. The first kappa shape index (κ1) is 20.6. The van der Waals surface area contributed by atoms with Crippen LogP contribution < -0.4 is 5.32 Å². The maximum absolute atomic E-state index is 12.7. The predicted octanol–water partition coefficient (Wildman–Crippen LogP) is 3.66. The van der Waals surface area contributed by atoms with Gasteiger partial charge < -0.3 is 5.32 Å². The van der Waals surface area contributed by atoms with Crippen molar-refractivity contribution in [3.8, 4) is 0 Å². The van der Waals surface area contributed by atoms with Gasteiger partial charge in [-0.05, 0) is 57.0 Å². The van der Waals surface area contributed by atoms with Gasteiger partial charge in [0.15, 0.2) is 9.84 Å². The quantitative estimate of drug-likeness (QED) is 0.801. The number of likely N-dealkylation sites (tertiary alicyclic amines) is 1. The molecule has 0 atom stereocenters. The molecule has 0 unspecified atom stereocenters. The van der Waals surface area contributed by atoms with E-state index in [1.807, 2.05) is 0 Å². The van der Waals surface area contributed by atoms with Gasteiger partial charge in [-0.15, -0.1) is 0 Å². The van der Waals surface area contributed by atoms with Crippen molar-refractivity contribution in [2.75, 3.05) is 25.9 Å². The zero-order valence-electron chi connectivity index (χ0n) is 16.0. The van der Waals surface area contributed by atoms with Crippen LogP contribution in [0.25, 0.3) is 0 Å². The molecule has 7 heteroatoms. The number of hydrogen-bond donors (Lipinski definition) is 1. The summed E-state index contributed by atoms with van der Waals surface area (Å²) >= 11 is 5.99. The molecule has 2 fully saturated rings. The minimum absolute atomic E-state index is 0.000210. The van der Waals surface area contributed by atoms with Crippen molar-refractivity contribution in [1.82, 2.24) is 10.2 Å². The summed E-state index contributed by atoms with van der Waals surface area (Å²) in [4.78, 5) is 15.3. The van der Waals surface area contributed by atoms with Gasteiger partial charge >= 0.3 is 0 Å². The van der Waals surface area contributed by atoms with Crippen LogP contribution in [0, 0.1) is 0 Å². The van der Waals surface area contributed by atoms with E-state index in [4.69, 9.17) is 11.6 Å². The molecule has 27 heavy (non-hydrogen) atoms. The molecule has 1 amide bonds. The molecule has 1 aliphatic heterocycles. The molecule has 1 N–H and O–H groups in total. The van der Waals surface area contributed by atoms with Crippen molar-refractivity contribution in [2.24, 2.45) is 0 Å². The second-order valence-corrected chi connectivity index (χ2v) is 10.3. The number of nitrogens with one attached hydrogen (secondary N) is 1. The molecule has 0 bridgehead atoms. The number of rotatable bonds is 5. The van der Waals surface area contributed by atoms with E-state index < -0.39 is 9.84 Å². The number of nitrogens with zero attached hydrogens (tertiary/aromatic N) is 1. The first-order chi connectivity index (χ1) is 12.8. The highest BCUT2D eigenvalue weighted by molar-refractivity contribution is 7.90. The Morgan fingerprint density at radius 2 is 1.74 bits per heavy atom. The summed E-state index contributed by atoms with van der Waals surface area (Å²) in [6.45, 7) is 2.83. The maximum Gasteiger partial charge on any atom is 0.251 e. The molecule has 0 spiro atoms. The highest BCUT2D eigenvalue weighted by Gasteiger charge is 2.38. The summed E-state index contributed by atoms with van der Waals surface area (Å²) in [5, 5.41) is 3.23. The number of carbonyl (C=O) groups is 1. The third kappa shape index (κ3) is 4.84. The van der Waals surface area contributed by atoms with Gasteiger partial charge in [-0.1, -0.05) is 37.3 Å². The van der Waals surface area contributed by atoms with Crippen LogP contribution in [0.4, 0.5) is 0 Å². The summed E-state index contributed by atoms with van der Waals surface area (Å²) < 4.78 is 23.7. The number of sulfone groups is 1. The highest BCUT2D eigenvalue weighted by atomic mass is 35.5. The van der Waals surface area contributed by atoms with Gasteiger partial charge in [-0.25, -0.2) is 8.42 Å². The zero-order chi connectivity index (χ0) is 19.5. The monoisotopic (exact) mass is 412 g/mol. The van der Waals surface area contributed by atoms with E-state index in [0.29, 0.717) is 12.1 Å². The van der Waals surface area contributed by atoms with E-state index in [1.54, 1.807) is 6.07 Å². The van der Waals surface area contributed by atoms with Gasteiger partial charge in [0.2, 0.25) is 0 Å². The van der Waals surface area contributed by atoms with Crippen molar-refractivity contribution >= 4 is 27.3 Å². The molecular formula is C20H29ClN2O3S. The topological polar surface area (TPSA) is 66.5 Å². The summed E-state index contributed by atoms with van der Waals surface area (Å²) in [5.74, 6) is -0.237. The Balaban J connectivity index is 1.74. The normalized spacial score (nSPS) is 21.0. The van der Waals surface area contributed by atoms with Gasteiger partial charge in [-0.2, -0.15) is 0 Å². The van der Waals surface area contributed by atoms with Crippen LogP contribution in [0.2, 0.25) is 5.02 Å². The van der Waals surface area contributed by atoms with Crippen molar-refractivity contribution in [2.45, 2.75) is 61.8 Å². The maximum atomic E-state index is 12.7. The van der Waals surface area contributed by atoms with Gasteiger partial charge in [0.1, 0.15) is 0 Å². The lowest BCUT2D eigenvalue weighted by Crippen LogP contribution is -2.58. The standard InChI is InChI=1S/C20H29ClN2O3S/c1-27(25,26)18-14-16(8-9-17(18)21)19(24)22-15-20(10-4-2-5-11-20)23-12-6-3-7-13-23/h8-9,14H,2-7,10-13,15H2,1H3,(H,22,24). The van der Waals surface area contributed by atoms with E-state index in [9.17, 15) is 13.2 Å². The molecule has 1 aromatic carbocycles. The number of benzene rings is 1. The number of carbonyl (C=O) groups excluding carboxylic acids is 1. The van der Waals surface area contributed by atoms with E-state index in [0.717, 1.165) is 32.2 Å². The summed E-state index contributed by atoms with van der Waals surface area (Å²) in [6.07, 6.45) is 10.7. The fourth-order valence-electron chi connectivity index (χ4n) is 4.46. The molecule has 0 aromatic heterocycles. The zero-order valence-corrected chi connectivity index (χ0v) is 17.5. The molecule has 1 aliphatic carbocycles. The summed E-state index contributed by atoms with van der Waals surface area (Å²) in [6, 6.07) is 4.44. The number of amides is 1. The SMILES string of the molecule is CS(=O)(=O)c1cc(C(=O)NCC2(N3CCCCC3)CCCCC2)ccc1Cl. The van der Waals surface area contributed by atoms with E-state index in [2.05, 4.69) is 10.2 Å². The lowest BCUT2D eigenvalue weighted by molar-refractivity contribution is 0.0326. The lowest BCUT2D eigenvalue weighted by Gasteiger charge is -2.48. The van der Waals surface area contributed by atoms with Crippen LogP contribution in [0.15, 0.2) is 23.1 Å². The van der Waals surface area contributed by atoms with Crippen molar-refractivity contribution in [3.63, 3.8) is 0 Å². The highest BCUT2D eigenvalue weighted by Crippen LogP contribution is 2.35. The van der Waals surface area contributed by atoms with Crippen LogP contribution in [0.5, 0.6) is 0 Å². The Kier molecular flexibility index (Phi) is 6.49. The Bertz CT molecular complexity index is 782. The summed E-state index contributed by atoms with van der Waals surface area (Å²) in [7, 11) is -3.47. The molecule has 1 heterocycles. The molecule has 0 radical (unpaired) electrons. The summed E-state index contributed by atoms with van der Waals surface area (Å²) in [5.41, 5.74) is 0.380. The smallest absolute Gasteiger partial charge is 0.251 e. The molecule has 150 valence electrons. The van der Waals surface area contributed by atoms with Gasteiger partial charge in [-0.3, -0.25) is 9.69 Å². The first-order valence-corrected chi connectivity index (χ1v) is 12.1. The van der Waals surface area contributed by atoms with Crippen LogP contribution >= 0.6 is 11.6 Å². The van der Waals surface area contributed by atoms with E-state index in [1.165, 1.54) is 50.7 Å². The largest absolute Gasteiger partial charge is 0.350 e. The second-order valence-electron chi connectivity index (χ2n) is 7.93. The van der Waals surface area contributed by atoms with E-state index >= 15 is 0 Å². The molecular weight excluding hydrogens is 384 g/mol. The third-order valence-corrected chi connectivity index (χ3v) is 7.56. The molecule has 2 aliphatic rings. The first-order valence-electron chi connectivity index (χ1n) is 9.85. The second kappa shape index (κ2) is 8.50. The molecule has 1 aromatic rings. The average Bonchev–Trinajstić information content (AvgIpc) is 2.67. The Morgan fingerprint density at radius 3 is 2.37 bits per heavy atom. The van der Waals surface area contributed by atoms with Crippen LogP contribution in [0.1, 0.15) is 61.7 Å². The third-order valence-electron chi connectivity index (χ3n) is 5.98.